The first-order chi connectivity index (χ1) is 12.5. The fourth-order valence-electron chi connectivity index (χ4n) is 3.83. The number of likely N-dealkylation sites (N-methyl/N-ethyl adjacent to an activating group) is 1. The van der Waals surface area contributed by atoms with E-state index in [1.165, 1.54) is 63.4 Å². The van der Waals surface area contributed by atoms with Crippen LogP contribution in [0.2, 0.25) is 0 Å². The van der Waals surface area contributed by atoms with Gasteiger partial charge in [0.15, 0.2) is 6.04 Å². The summed E-state index contributed by atoms with van der Waals surface area (Å²) in [6.45, 7) is 3.10. The van der Waals surface area contributed by atoms with Crippen LogP contribution in [0, 0.1) is 0 Å². The monoisotopic (exact) mass is 396 g/mol. The number of hydrogen-bond donors (Lipinski definition) is 1. The van der Waals surface area contributed by atoms with Crippen molar-refractivity contribution in [3.63, 3.8) is 0 Å². The molecule has 0 radical (unpaired) electrons. The number of rotatable bonds is 15. The number of hydrogen-bond acceptors (Lipinski definition) is 1. The van der Waals surface area contributed by atoms with Crippen molar-refractivity contribution in [3.8, 4) is 0 Å². The second-order valence-electron chi connectivity index (χ2n) is 8.31. The van der Waals surface area contributed by atoms with Gasteiger partial charge in [-0.05, 0) is 6.42 Å². The van der Waals surface area contributed by atoms with E-state index in [0.29, 0.717) is 4.48 Å². The van der Waals surface area contributed by atoms with Gasteiger partial charge in [0.05, 0.1) is 14.1 Å². The van der Waals surface area contributed by atoms with Crippen LogP contribution >= 0.6 is 0 Å². The van der Waals surface area contributed by atoms with Crippen molar-refractivity contribution < 1.29 is 21.7 Å². The SMILES string of the molecule is CCCCCCCCCCCCC(C(N)=O)[N+](C)(C)Cc1ccccc1.[Cl-]. The topological polar surface area (TPSA) is 43.1 Å². The van der Waals surface area contributed by atoms with Crippen LogP contribution < -0.4 is 18.1 Å². The van der Waals surface area contributed by atoms with E-state index >= 15 is 0 Å². The van der Waals surface area contributed by atoms with Crippen LogP contribution in [-0.4, -0.2) is 30.5 Å². The molecule has 0 saturated heterocycles. The third-order valence-corrected chi connectivity index (χ3v) is 5.44. The Hall–Kier alpha value is -1.06. The Morgan fingerprint density at radius 1 is 0.889 bits per heavy atom. The van der Waals surface area contributed by atoms with Gasteiger partial charge >= 0.3 is 0 Å². The second kappa shape index (κ2) is 14.9. The van der Waals surface area contributed by atoms with E-state index in [9.17, 15) is 4.79 Å². The van der Waals surface area contributed by atoms with E-state index in [2.05, 4.69) is 45.3 Å². The van der Waals surface area contributed by atoms with E-state index in [1.54, 1.807) is 0 Å². The standard InChI is InChI=1S/C23H40N2O.ClH/c1-4-5-6-7-8-9-10-11-12-16-19-22(23(24)26)25(2,3)20-21-17-14-13-15-18-21;/h13-15,17-18,22H,4-12,16,19-20H2,1-3H3,(H-,24,26);1H. The van der Waals surface area contributed by atoms with E-state index in [4.69, 9.17) is 5.73 Å². The molecule has 1 unspecified atom stereocenters. The normalized spacial score (nSPS) is 12.4. The Labute approximate surface area is 173 Å². The van der Waals surface area contributed by atoms with Crippen molar-refractivity contribution in [1.29, 1.82) is 0 Å². The Balaban J connectivity index is 0.00000676. The zero-order valence-electron chi connectivity index (χ0n) is 17.8. The number of nitrogens with zero attached hydrogens (tertiary/aromatic N) is 1. The number of benzene rings is 1. The summed E-state index contributed by atoms with van der Waals surface area (Å²) < 4.78 is 0.636. The molecule has 0 aliphatic rings. The average Bonchev–Trinajstić information content (AvgIpc) is 2.59. The smallest absolute Gasteiger partial charge is 0.275 e. The highest BCUT2D eigenvalue weighted by molar-refractivity contribution is 5.78. The summed E-state index contributed by atoms with van der Waals surface area (Å²) in [6, 6.07) is 10.3. The van der Waals surface area contributed by atoms with Gasteiger partial charge in [0.1, 0.15) is 6.54 Å². The first kappa shape index (κ1) is 25.9. The van der Waals surface area contributed by atoms with Gasteiger partial charge in [0.25, 0.3) is 5.91 Å². The molecule has 1 amide bonds. The number of nitrogens with two attached hydrogens (primary N) is 1. The molecule has 0 saturated carbocycles. The molecule has 1 aromatic rings. The van der Waals surface area contributed by atoms with E-state index < -0.39 is 0 Å². The average molecular weight is 397 g/mol. The van der Waals surface area contributed by atoms with Crippen LogP contribution in [-0.2, 0) is 11.3 Å². The first-order valence-electron chi connectivity index (χ1n) is 10.6. The molecule has 0 fully saturated rings. The Morgan fingerprint density at radius 3 is 1.85 bits per heavy atom. The summed E-state index contributed by atoms with van der Waals surface area (Å²) in [5, 5.41) is 0. The highest BCUT2D eigenvalue weighted by atomic mass is 35.5. The van der Waals surface area contributed by atoms with E-state index in [1.807, 2.05) is 6.07 Å². The predicted octanol–water partition coefficient (Wildman–Crippen LogP) is 2.43. The van der Waals surface area contributed by atoms with Crippen LogP contribution in [0.4, 0.5) is 0 Å². The van der Waals surface area contributed by atoms with Crippen molar-refractivity contribution in [2.24, 2.45) is 5.73 Å². The maximum atomic E-state index is 12.0. The number of primary amides is 1. The minimum Gasteiger partial charge on any atom is -1.00 e. The van der Waals surface area contributed by atoms with Crippen LogP contribution in [0.15, 0.2) is 30.3 Å². The molecule has 1 atom stereocenters. The zero-order chi connectivity index (χ0) is 19.3. The maximum absolute atomic E-state index is 12.0. The highest BCUT2D eigenvalue weighted by Gasteiger charge is 2.32. The highest BCUT2D eigenvalue weighted by Crippen LogP contribution is 2.20. The molecular formula is C23H41ClN2O. The summed E-state index contributed by atoms with van der Waals surface area (Å²) >= 11 is 0. The largest absolute Gasteiger partial charge is 1.00 e. The minimum absolute atomic E-state index is 0. The Kier molecular flexibility index (Phi) is 14.3. The number of quaternary nitrogens is 1. The summed E-state index contributed by atoms with van der Waals surface area (Å²) in [6.07, 6.45) is 14.0. The Morgan fingerprint density at radius 2 is 1.37 bits per heavy atom. The fraction of sp³-hybridized carbons (Fsp3) is 0.696. The van der Waals surface area contributed by atoms with Crippen molar-refractivity contribution >= 4 is 5.91 Å². The number of carbonyl (C=O) groups excluding carboxylic acids is 1. The van der Waals surface area contributed by atoms with Gasteiger partial charge in [0.2, 0.25) is 0 Å². The lowest BCUT2D eigenvalue weighted by Gasteiger charge is -2.36. The van der Waals surface area contributed by atoms with Gasteiger partial charge in [-0.2, -0.15) is 0 Å². The quantitative estimate of drug-likeness (QED) is 0.359. The molecule has 0 aromatic heterocycles. The third kappa shape index (κ3) is 11.4. The van der Waals surface area contributed by atoms with Crippen molar-refractivity contribution in [2.75, 3.05) is 14.1 Å². The molecule has 0 aliphatic heterocycles. The molecule has 0 aliphatic carbocycles. The lowest BCUT2D eigenvalue weighted by Crippen LogP contribution is -3.00. The van der Waals surface area contributed by atoms with Gasteiger partial charge in [-0.1, -0.05) is 95.0 Å². The molecule has 1 aromatic carbocycles. The lowest BCUT2D eigenvalue weighted by atomic mass is 10.0. The summed E-state index contributed by atoms with van der Waals surface area (Å²) in [4.78, 5) is 12.0. The fourth-order valence-corrected chi connectivity index (χ4v) is 3.83. The van der Waals surface area contributed by atoms with Gasteiger partial charge in [-0.15, -0.1) is 0 Å². The molecule has 156 valence electrons. The van der Waals surface area contributed by atoms with Crippen molar-refractivity contribution in [2.45, 2.75) is 90.1 Å². The third-order valence-electron chi connectivity index (χ3n) is 5.44. The number of amides is 1. The molecule has 0 heterocycles. The summed E-state index contributed by atoms with van der Waals surface area (Å²) in [5.41, 5.74) is 7.00. The van der Waals surface area contributed by atoms with Crippen LogP contribution in [0.3, 0.4) is 0 Å². The molecule has 0 spiro atoms. The lowest BCUT2D eigenvalue weighted by molar-refractivity contribution is -0.919. The van der Waals surface area contributed by atoms with Gasteiger partial charge in [-0.25, -0.2) is 0 Å². The Bertz CT molecular complexity index is 490. The summed E-state index contributed by atoms with van der Waals surface area (Å²) in [7, 11) is 4.25. The second-order valence-corrected chi connectivity index (χ2v) is 8.31. The van der Waals surface area contributed by atoms with Crippen LogP contribution in [0.5, 0.6) is 0 Å². The van der Waals surface area contributed by atoms with Gasteiger partial charge < -0.3 is 22.6 Å². The van der Waals surface area contributed by atoms with Crippen molar-refractivity contribution in [3.05, 3.63) is 35.9 Å². The molecule has 0 bridgehead atoms. The minimum atomic E-state index is -0.165. The van der Waals surface area contributed by atoms with E-state index in [0.717, 1.165) is 19.4 Å². The number of halogens is 1. The van der Waals surface area contributed by atoms with E-state index in [-0.39, 0.29) is 24.4 Å². The predicted molar refractivity (Wildman–Crippen MR) is 112 cm³/mol. The van der Waals surface area contributed by atoms with Crippen LogP contribution in [0.25, 0.3) is 0 Å². The number of carbonyl (C=O) groups is 1. The number of unbranched alkanes of at least 4 members (excludes halogenated alkanes) is 9. The van der Waals surface area contributed by atoms with Crippen molar-refractivity contribution in [1.82, 2.24) is 0 Å². The zero-order valence-corrected chi connectivity index (χ0v) is 18.5. The van der Waals surface area contributed by atoms with Gasteiger partial charge in [-0.3, -0.25) is 4.79 Å². The molecule has 27 heavy (non-hydrogen) atoms. The van der Waals surface area contributed by atoms with Gasteiger partial charge in [0, 0.05) is 12.0 Å². The molecule has 2 N–H and O–H groups in total. The molecular weight excluding hydrogens is 356 g/mol. The molecule has 4 heteroatoms. The molecule has 1 rings (SSSR count). The maximum Gasteiger partial charge on any atom is 0.275 e. The molecule has 3 nitrogen and oxygen atoms in total. The first-order valence-corrected chi connectivity index (χ1v) is 10.6. The van der Waals surface area contributed by atoms with Crippen LogP contribution in [0.1, 0.15) is 83.1 Å². The summed E-state index contributed by atoms with van der Waals surface area (Å²) in [5.74, 6) is -0.165.